The number of amides is 2. The molecule has 2 rings (SSSR count). The molecule has 1 unspecified atom stereocenters. The molecule has 0 bridgehead atoms. The average Bonchev–Trinajstić information content (AvgIpc) is 2.59. The van der Waals surface area contributed by atoms with Crippen LogP contribution in [0.15, 0.2) is 0 Å². The maximum Gasteiger partial charge on any atom is 0.317 e. The van der Waals surface area contributed by atoms with Gasteiger partial charge in [-0.1, -0.05) is 20.8 Å². The van der Waals surface area contributed by atoms with Crippen LogP contribution in [0.4, 0.5) is 4.79 Å². The lowest BCUT2D eigenvalue weighted by atomic mass is 9.92. The molecule has 0 aromatic carbocycles. The topological polar surface area (TPSA) is 32.3 Å². The minimum Gasteiger partial charge on any atom is -0.335 e. The summed E-state index contributed by atoms with van der Waals surface area (Å²) >= 11 is 0. The molecule has 2 fully saturated rings. The van der Waals surface area contributed by atoms with E-state index in [4.69, 9.17) is 0 Å². The highest BCUT2D eigenvalue weighted by atomic mass is 16.2. The van der Waals surface area contributed by atoms with Gasteiger partial charge in [0, 0.05) is 19.1 Å². The first-order valence-electron chi connectivity index (χ1n) is 7.02. The van der Waals surface area contributed by atoms with Gasteiger partial charge >= 0.3 is 6.03 Å². The van der Waals surface area contributed by atoms with Crippen LogP contribution >= 0.6 is 0 Å². The van der Waals surface area contributed by atoms with Crippen LogP contribution < -0.4 is 5.32 Å². The first-order chi connectivity index (χ1) is 7.96. The van der Waals surface area contributed by atoms with E-state index in [9.17, 15) is 4.79 Å². The second-order valence-electron chi connectivity index (χ2n) is 6.72. The van der Waals surface area contributed by atoms with Crippen molar-refractivity contribution in [2.75, 3.05) is 13.1 Å². The lowest BCUT2D eigenvalue weighted by molar-refractivity contribution is 0.170. The molecule has 3 nitrogen and oxygen atoms in total. The van der Waals surface area contributed by atoms with E-state index in [2.05, 4.69) is 26.1 Å². The van der Waals surface area contributed by atoms with Crippen LogP contribution in [-0.4, -0.2) is 30.1 Å². The van der Waals surface area contributed by atoms with Gasteiger partial charge in [0.25, 0.3) is 0 Å². The highest BCUT2D eigenvalue weighted by molar-refractivity contribution is 5.74. The molecule has 1 saturated carbocycles. The quantitative estimate of drug-likeness (QED) is 0.748. The lowest BCUT2D eigenvalue weighted by Gasteiger charge is -2.31. The Balaban J connectivity index is 1.78. The van der Waals surface area contributed by atoms with E-state index in [0.717, 1.165) is 44.7 Å². The number of hydrogen-bond donors (Lipinski definition) is 1. The molecule has 0 radical (unpaired) electrons. The normalized spacial score (nSPS) is 29.4. The van der Waals surface area contributed by atoms with Crippen LogP contribution in [0.25, 0.3) is 0 Å². The zero-order chi connectivity index (χ0) is 12.5. The van der Waals surface area contributed by atoms with Gasteiger partial charge in [0.15, 0.2) is 0 Å². The molecule has 3 heteroatoms. The first-order valence-corrected chi connectivity index (χ1v) is 7.02. The fraction of sp³-hybridized carbons (Fsp3) is 0.929. The zero-order valence-corrected chi connectivity index (χ0v) is 11.5. The standard InChI is InChI=1S/C14H26N2O/c1-11-5-8-16(9-6-11)13(17)15-12-4-7-14(2,3)10-12/h11-12H,4-10H2,1-3H3,(H,15,17). The van der Waals surface area contributed by atoms with Gasteiger partial charge in [-0.3, -0.25) is 0 Å². The van der Waals surface area contributed by atoms with Crippen LogP contribution in [-0.2, 0) is 0 Å². The summed E-state index contributed by atoms with van der Waals surface area (Å²) in [7, 11) is 0. The van der Waals surface area contributed by atoms with Gasteiger partial charge in [0.2, 0.25) is 0 Å². The summed E-state index contributed by atoms with van der Waals surface area (Å²) in [6.07, 6.45) is 5.81. The van der Waals surface area contributed by atoms with Gasteiger partial charge < -0.3 is 10.2 Å². The molecule has 1 aliphatic carbocycles. The third kappa shape index (κ3) is 3.36. The van der Waals surface area contributed by atoms with Crippen molar-refractivity contribution in [3.63, 3.8) is 0 Å². The van der Waals surface area contributed by atoms with Gasteiger partial charge in [-0.15, -0.1) is 0 Å². The molecule has 0 spiro atoms. The Hall–Kier alpha value is -0.730. The van der Waals surface area contributed by atoms with Gasteiger partial charge in [0.1, 0.15) is 0 Å². The number of urea groups is 1. The predicted molar refractivity (Wildman–Crippen MR) is 69.9 cm³/mol. The number of rotatable bonds is 1. The van der Waals surface area contributed by atoms with E-state index in [-0.39, 0.29) is 6.03 Å². The number of hydrogen-bond acceptors (Lipinski definition) is 1. The summed E-state index contributed by atoms with van der Waals surface area (Å²) in [6, 6.07) is 0.566. The molecular formula is C14H26N2O. The van der Waals surface area contributed by atoms with Crippen LogP contribution in [0.3, 0.4) is 0 Å². The van der Waals surface area contributed by atoms with E-state index in [1.54, 1.807) is 0 Å². The van der Waals surface area contributed by atoms with Crippen molar-refractivity contribution in [2.45, 2.75) is 58.9 Å². The highest BCUT2D eigenvalue weighted by Gasteiger charge is 2.32. The van der Waals surface area contributed by atoms with E-state index < -0.39 is 0 Å². The Morgan fingerprint density at radius 3 is 2.41 bits per heavy atom. The SMILES string of the molecule is CC1CCN(C(=O)NC2CCC(C)(C)C2)CC1. The second kappa shape index (κ2) is 4.87. The smallest absolute Gasteiger partial charge is 0.317 e. The van der Waals surface area contributed by atoms with E-state index >= 15 is 0 Å². The average molecular weight is 238 g/mol. The molecule has 1 heterocycles. The van der Waals surface area contributed by atoms with Crippen LogP contribution in [0.1, 0.15) is 52.9 Å². The maximum absolute atomic E-state index is 12.1. The van der Waals surface area contributed by atoms with E-state index in [1.807, 2.05) is 4.90 Å². The largest absolute Gasteiger partial charge is 0.335 e. The molecule has 0 aromatic heterocycles. The molecular weight excluding hydrogens is 212 g/mol. The summed E-state index contributed by atoms with van der Waals surface area (Å²) in [5, 5.41) is 3.21. The minimum atomic E-state index is 0.166. The molecule has 98 valence electrons. The Bertz CT molecular complexity index is 280. The molecule has 2 aliphatic rings. The van der Waals surface area contributed by atoms with Crippen molar-refractivity contribution < 1.29 is 4.79 Å². The molecule has 1 atom stereocenters. The van der Waals surface area contributed by atoms with Crippen molar-refractivity contribution >= 4 is 6.03 Å². The van der Waals surface area contributed by atoms with Gasteiger partial charge in [-0.2, -0.15) is 0 Å². The maximum atomic E-state index is 12.1. The van der Waals surface area contributed by atoms with E-state index in [0.29, 0.717) is 11.5 Å². The number of carbonyl (C=O) groups excluding carboxylic acids is 1. The fourth-order valence-electron chi connectivity index (χ4n) is 3.04. The van der Waals surface area contributed by atoms with Crippen molar-refractivity contribution in [2.24, 2.45) is 11.3 Å². The third-order valence-electron chi connectivity index (χ3n) is 4.37. The lowest BCUT2D eigenvalue weighted by Crippen LogP contribution is -2.47. The van der Waals surface area contributed by atoms with Gasteiger partial charge in [0.05, 0.1) is 0 Å². The van der Waals surface area contributed by atoms with Crippen LogP contribution in [0, 0.1) is 11.3 Å². The second-order valence-corrected chi connectivity index (χ2v) is 6.72. The number of nitrogens with one attached hydrogen (secondary N) is 1. The van der Waals surface area contributed by atoms with Gasteiger partial charge in [-0.05, 0) is 43.4 Å². The zero-order valence-electron chi connectivity index (χ0n) is 11.5. The van der Waals surface area contributed by atoms with Crippen molar-refractivity contribution in [3.8, 4) is 0 Å². The summed E-state index contributed by atoms with van der Waals surface area (Å²) in [6.45, 7) is 8.73. The van der Waals surface area contributed by atoms with Crippen LogP contribution in [0.5, 0.6) is 0 Å². The molecule has 2 amide bonds. The Morgan fingerprint density at radius 1 is 1.24 bits per heavy atom. The number of carbonyl (C=O) groups is 1. The molecule has 1 N–H and O–H groups in total. The molecule has 0 aromatic rings. The predicted octanol–water partition coefficient (Wildman–Crippen LogP) is 3.01. The first kappa shape index (κ1) is 12.7. The summed E-state index contributed by atoms with van der Waals surface area (Å²) in [5.74, 6) is 0.782. The summed E-state index contributed by atoms with van der Waals surface area (Å²) in [4.78, 5) is 14.1. The number of piperidine rings is 1. The van der Waals surface area contributed by atoms with Gasteiger partial charge in [-0.25, -0.2) is 4.79 Å². The number of nitrogens with zero attached hydrogens (tertiary/aromatic N) is 1. The van der Waals surface area contributed by atoms with Crippen molar-refractivity contribution in [1.29, 1.82) is 0 Å². The molecule has 17 heavy (non-hydrogen) atoms. The minimum absolute atomic E-state index is 0.166. The Morgan fingerprint density at radius 2 is 1.88 bits per heavy atom. The molecule has 1 saturated heterocycles. The Labute approximate surface area is 105 Å². The van der Waals surface area contributed by atoms with Crippen LogP contribution in [0.2, 0.25) is 0 Å². The Kier molecular flexibility index (Phi) is 3.64. The summed E-state index contributed by atoms with van der Waals surface area (Å²) in [5.41, 5.74) is 0.411. The van der Waals surface area contributed by atoms with Crippen molar-refractivity contribution in [1.82, 2.24) is 10.2 Å². The van der Waals surface area contributed by atoms with Crippen molar-refractivity contribution in [3.05, 3.63) is 0 Å². The summed E-state index contributed by atoms with van der Waals surface area (Å²) < 4.78 is 0. The monoisotopic (exact) mass is 238 g/mol. The number of likely N-dealkylation sites (tertiary alicyclic amines) is 1. The fourth-order valence-corrected chi connectivity index (χ4v) is 3.04. The third-order valence-corrected chi connectivity index (χ3v) is 4.37. The molecule has 1 aliphatic heterocycles. The highest BCUT2D eigenvalue weighted by Crippen LogP contribution is 2.36. The van der Waals surface area contributed by atoms with E-state index in [1.165, 1.54) is 6.42 Å².